The lowest BCUT2D eigenvalue weighted by atomic mass is 9.95. The van der Waals surface area contributed by atoms with Crippen molar-refractivity contribution in [3.63, 3.8) is 0 Å². The summed E-state index contributed by atoms with van der Waals surface area (Å²) in [5.74, 6) is -0.848. The maximum absolute atomic E-state index is 13.4. The first-order valence-electron chi connectivity index (χ1n) is 12.0. The zero-order chi connectivity index (χ0) is 25.9. The van der Waals surface area contributed by atoms with E-state index in [-0.39, 0.29) is 17.7 Å². The molecule has 2 aromatic heterocycles. The number of para-hydroxylation sites is 1. The summed E-state index contributed by atoms with van der Waals surface area (Å²) >= 11 is 1.42. The lowest BCUT2D eigenvalue weighted by molar-refractivity contribution is 0.0526. The first kappa shape index (κ1) is 24.7. The Balaban J connectivity index is 1.70. The largest absolute Gasteiger partial charge is 0.493 e. The molecule has 0 atom stereocenters. The van der Waals surface area contributed by atoms with E-state index in [2.05, 4.69) is 5.32 Å². The van der Waals surface area contributed by atoms with E-state index in [0.29, 0.717) is 33.0 Å². The van der Waals surface area contributed by atoms with Gasteiger partial charge in [0.05, 0.1) is 19.3 Å². The van der Waals surface area contributed by atoms with Crippen LogP contribution in [0.1, 0.15) is 50.9 Å². The number of anilines is 1. The molecule has 0 fully saturated rings. The van der Waals surface area contributed by atoms with Crippen LogP contribution in [0.4, 0.5) is 15.1 Å². The summed E-state index contributed by atoms with van der Waals surface area (Å²) in [6, 6.07) is 12.5. The van der Waals surface area contributed by atoms with Gasteiger partial charge in [0, 0.05) is 16.0 Å². The highest BCUT2D eigenvalue weighted by atomic mass is 32.1. The number of hydrogen-bond acceptors (Lipinski definition) is 7. The third-order valence-electron chi connectivity index (χ3n) is 6.14. The van der Waals surface area contributed by atoms with Gasteiger partial charge in [0.1, 0.15) is 16.4 Å². The predicted molar refractivity (Wildman–Crippen MR) is 139 cm³/mol. The molecule has 190 valence electrons. The number of carbonyl (C=O) groups excluding carboxylic acids is 2. The van der Waals surface area contributed by atoms with Gasteiger partial charge >= 0.3 is 5.97 Å². The van der Waals surface area contributed by atoms with Crippen molar-refractivity contribution in [1.29, 1.82) is 0 Å². The Bertz CT molecular complexity index is 1560. The molecule has 1 aliphatic carbocycles. The average Bonchev–Trinajstić information content (AvgIpc) is 3.27. The van der Waals surface area contributed by atoms with E-state index >= 15 is 0 Å². The molecule has 0 unspecified atom stereocenters. The van der Waals surface area contributed by atoms with Gasteiger partial charge in [-0.3, -0.25) is 4.79 Å². The standard InChI is InChI=1S/C28H25FN2O5S/c1-3-35-28(33)23-19-8-4-5-10-22(19)37-27(23)31-26-20(25(32)30-18-13-11-17(29)12-14-18)15-16-7-6-9-21(34-2)24(16)36-26/h6-7,9,11-15H,3-5,8,10H2,1-2H3,(H,30,32). The number of amides is 1. The van der Waals surface area contributed by atoms with Crippen LogP contribution in [0.3, 0.4) is 0 Å². The van der Waals surface area contributed by atoms with Crippen molar-refractivity contribution >= 4 is 44.9 Å². The third kappa shape index (κ3) is 4.99. The number of nitrogens with zero attached hydrogens (tertiary/aromatic N) is 1. The van der Waals surface area contributed by atoms with E-state index in [1.165, 1.54) is 42.7 Å². The van der Waals surface area contributed by atoms with E-state index < -0.39 is 17.7 Å². The number of methoxy groups -OCH3 is 1. The van der Waals surface area contributed by atoms with Crippen molar-refractivity contribution in [2.24, 2.45) is 4.99 Å². The van der Waals surface area contributed by atoms with E-state index in [1.807, 2.05) is 0 Å². The SMILES string of the molecule is CCOC(=O)c1c(N=c2oc3c(OC)cccc3cc2C(=O)Nc2ccc(F)cc2)sc2c1CCCC2. The Morgan fingerprint density at radius 1 is 1.14 bits per heavy atom. The Morgan fingerprint density at radius 2 is 1.92 bits per heavy atom. The molecule has 5 rings (SSSR count). The third-order valence-corrected chi connectivity index (χ3v) is 7.33. The molecule has 37 heavy (non-hydrogen) atoms. The second kappa shape index (κ2) is 10.6. The molecule has 1 aliphatic rings. The van der Waals surface area contributed by atoms with Crippen LogP contribution >= 0.6 is 11.3 Å². The summed E-state index contributed by atoms with van der Waals surface area (Å²) in [5.41, 5.74) is 2.42. The Kier molecular flexibility index (Phi) is 7.05. The van der Waals surface area contributed by atoms with Gasteiger partial charge in [-0.1, -0.05) is 12.1 Å². The molecule has 0 radical (unpaired) electrons. The number of fused-ring (bicyclic) bond motifs is 2. The normalized spacial score (nSPS) is 13.3. The van der Waals surface area contributed by atoms with Crippen LogP contribution in [0.5, 0.6) is 5.75 Å². The van der Waals surface area contributed by atoms with E-state index in [9.17, 15) is 14.0 Å². The lowest BCUT2D eigenvalue weighted by Gasteiger charge is -2.12. The maximum Gasteiger partial charge on any atom is 0.341 e. The number of benzene rings is 2. The van der Waals surface area contributed by atoms with E-state index in [4.69, 9.17) is 18.9 Å². The smallest absolute Gasteiger partial charge is 0.341 e. The minimum Gasteiger partial charge on any atom is -0.493 e. The number of esters is 1. The Hall–Kier alpha value is -3.98. The number of aryl methyl sites for hydroxylation is 1. The topological polar surface area (TPSA) is 90.1 Å². The highest BCUT2D eigenvalue weighted by molar-refractivity contribution is 7.16. The molecule has 0 saturated carbocycles. The Morgan fingerprint density at radius 3 is 2.68 bits per heavy atom. The maximum atomic E-state index is 13.4. The monoisotopic (exact) mass is 520 g/mol. The number of carbonyl (C=O) groups is 2. The second-order valence-corrected chi connectivity index (χ2v) is 9.61. The zero-order valence-corrected chi connectivity index (χ0v) is 21.2. The fourth-order valence-electron chi connectivity index (χ4n) is 4.40. The Labute approximate surface area is 216 Å². The number of nitrogens with one attached hydrogen (secondary N) is 1. The number of rotatable bonds is 6. The lowest BCUT2D eigenvalue weighted by Crippen LogP contribution is -2.21. The second-order valence-electron chi connectivity index (χ2n) is 8.53. The molecular weight excluding hydrogens is 495 g/mol. The molecule has 0 saturated heterocycles. The summed E-state index contributed by atoms with van der Waals surface area (Å²) in [4.78, 5) is 32.2. The van der Waals surface area contributed by atoms with Crippen LogP contribution in [-0.2, 0) is 17.6 Å². The average molecular weight is 521 g/mol. The molecule has 7 nitrogen and oxygen atoms in total. The summed E-state index contributed by atoms with van der Waals surface area (Å²) in [6.45, 7) is 2.00. The first-order valence-corrected chi connectivity index (χ1v) is 12.8. The minimum absolute atomic E-state index is 0.0285. The van der Waals surface area contributed by atoms with Gasteiger partial charge in [0.25, 0.3) is 5.91 Å². The first-order chi connectivity index (χ1) is 18.0. The van der Waals surface area contributed by atoms with Crippen LogP contribution < -0.4 is 15.6 Å². The zero-order valence-electron chi connectivity index (χ0n) is 20.4. The van der Waals surface area contributed by atoms with Crippen molar-refractivity contribution in [3.05, 3.63) is 81.5 Å². The van der Waals surface area contributed by atoms with Crippen molar-refractivity contribution in [2.75, 3.05) is 19.0 Å². The summed E-state index contributed by atoms with van der Waals surface area (Å²) in [7, 11) is 1.53. The van der Waals surface area contributed by atoms with Crippen LogP contribution in [0, 0.1) is 5.82 Å². The highest BCUT2D eigenvalue weighted by Crippen LogP contribution is 2.40. The van der Waals surface area contributed by atoms with Crippen molar-refractivity contribution < 1.29 is 27.9 Å². The molecule has 2 heterocycles. The molecule has 0 bridgehead atoms. The summed E-state index contributed by atoms with van der Waals surface area (Å²) in [5, 5.41) is 3.85. The molecule has 9 heteroatoms. The van der Waals surface area contributed by atoms with Crippen LogP contribution in [0.25, 0.3) is 11.0 Å². The predicted octanol–water partition coefficient (Wildman–Crippen LogP) is 6.18. The van der Waals surface area contributed by atoms with Gasteiger partial charge in [-0.05, 0) is 74.6 Å². The van der Waals surface area contributed by atoms with Crippen molar-refractivity contribution in [2.45, 2.75) is 32.6 Å². The fourth-order valence-corrected chi connectivity index (χ4v) is 5.64. The van der Waals surface area contributed by atoms with E-state index in [1.54, 1.807) is 31.2 Å². The fraction of sp³-hybridized carbons (Fsp3) is 0.250. The molecule has 1 amide bonds. The molecule has 2 aromatic carbocycles. The summed E-state index contributed by atoms with van der Waals surface area (Å²) in [6.07, 6.45) is 3.66. The van der Waals surface area contributed by atoms with Crippen molar-refractivity contribution in [1.82, 2.24) is 0 Å². The van der Waals surface area contributed by atoms with Gasteiger partial charge in [0.2, 0.25) is 5.55 Å². The highest BCUT2D eigenvalue weighted by Gasteiger charge is 2.27. The molecule has 1 N–H and O–H groups in total. The van der Waals surface area contributed by atoms with Gasteiger partial charge in [-0.25, -0.2) is 14.2 Å². The number of halogens is 1. The van der Waals surface area contributed by atoms with Gasteiger partial charge < -0.3 is 19.2 Å². The van der Waals surface area contributed by atoms with Crippen molar-refractivity contribution in [3.8, 4) is 5.75 Å². The number of ether oxygens (including phenoxy) is 2. The van der Waals surface area contributed by atoms with Crippen LogP contribution in [0.15, 0.2) is 57.9 Å². The van der Waals surface area contributed by atoms with Gasteiger partial charge in [-0.15, -0.1) is 11.3 Å². The summed E-state index contributed by atoms with van der Waals surface area (Å²) < 4.78 is 30.3. The minimum atomic E-state index is -0.488. The van der Waals surface area contributed by atoms with Crippen LogP contribution in [0.2, 0.25) is 0 Å². The van der Waals surface area contributed by atoms with Crippen LogP contribution in [-0.4, -0.2) is 25.6 Å². The van der Waals surface area contributed by atoms with Gasteiger partial charge in [0.15, 0.2) is 11.3 Å². The molecule has 4 aromatic rings. The number of thiophene rings is 1. The number of hydrogen-bond donors (Lipinski definition) is 1. The molecule has 0 spiro atoms. The molecular formula is C28H25FN2O5S. The molecule has 0 aliphatic heterocycles. The van der Waals surface area contributed by atoms with Gasteiger partial charge in [-0.2, -0.15) is 0 Å². The van der Waals surface area contributed by atoms with E-state index in [0.717, 1.165) is 36.1 Å². The quantitative estimate of drug-likeness (QED) is 0.307.